The molecule has 0 unspecified atom stereocenters. The van der Waals surface area contributed by atoms with Crippen LogP contribution in [0, 0.1) is 0 Å². The molecule has 0 aliphatic rings. The van der Waals surface area contributed by atoms with E-state index in [9.17, 15) is 0 Å². The largest absolute Gasteiger partial charge is 0.394 e. The van der Waals surface area contributed by atoms with Crippen LogP contribution in [-0.4, -0.2) is 14.6 Å². The molecule has 0 saturated carbocycles. The average molecular weight is 246 g/mol. The summed E-state index contributed by atoms with van der Waals surface area (Å²) in [7, 11) is 0. The molecule has 0 aliphatic carbocycles. The normalized spacial score (nSPS) is 13.2. The van der Waals surface area contributed by atoms with Crippen molar-refractivity contribution in [3.63, 3.8) is 0 Å². The molecule has 0 fully saturated rings. The van der Waals surface area contributed by atoms with Crippen molar-refractivity contribution < 1.29 is 0 Å². The van der Waals surface area contributed by atoms with Gasteiger partial charge in [0.05, 0.1) is 23.3 Å². The van der Waals surface area contributed by atoms with E-state index in [0.29, 0.717) is 5.69 Å². The highest BCUT2D eigenvalue weighted by molar-refractivity contribution is 5.64. The van der Waals surface area contributed by atoms with Gasteiger partial charge in [-0.1, -0.05) is 41.5 Å². The second kappa shape index (κ2) is 3.70. The molecule has 4 heteroatoms. The molecule has 4 nitrogen and oxygen atoms in total. The Morgan fingerprint density at radius 1 is 1.06 bits per heavy atom. The molecule has 0 spiro atoms. The Hall–Kier alpha value is -1.58. The van der Waals surface area contributed by atoms with Gasteiger partial charge in [0.15, 0.2) is 5.65 Å². The van der Waals surface area contributed by atoms with Crippen LogP contribution in [0.3, 0.4) is 0 Å². The lowest BCUT2D eigenvalue weighted by atomic mass is 9.86. The first-order valence-corrected chi connectivity index (χ1v) is 6.26. The Labute approximate surface area is 108 Å². The van der Waals surface area contributed by atoms with Crippen LogP contribution in [-0.2, 0) is 10.8 Å². The van der Waals surface area contributed by atoms with E-state index < -0.39 is 0 Å². The van der Waals surface area contributed by atoms with Crippen LogP contribution in [0.4, 0.5) is 5.69 Å². The number of nitrogens with zero attached hydrogens (tertiary/aromatic N) is 3. The predicted octanol–water partition coefficient (Wildman–Crippen LogP) is 2.91. The Balaban J connectivity index is 2.83. The highest BCUT2D eigenvalue weighted by atomic mass is 15.3. The van der Waals surface area contributed by atoms with Crippen LogP contribution in [0.2, 0.25) is 0 Å². The van der Waals surface area contributed by atoms with E-state index in [0.717, 1.165) is 17.0 Å². The Kier molecular flexibility index (Phi) is 2.65. The minimum Gasteiger partial charge on any atom is -0.394 e. The molecule has 2 aromatic heterocycles. The third-order valence-electron chi connectivity index (χ3n) is 3.04. The minimum absolute atomic E-state index is 0.000347. The van der Waals surface area contributed by atoms with Crippen LogP contribution in [0.25, 0.3) is 5.65 Å². The first-order valence-electron chi connectivity index (χ1n) is 6.26. The van der Waals surface area contributed by atoms with Gasteiger partial charge < -0.3 is 5.73 Å². The van der Waals surface area contributed by atoms with Crippen molar-refractivity contribution in [2.45, 2.75) is 52.4 Å². The summed E-state index contributed by atoms with van der Waals surface area (Å²) in [5.41, 5.74) is 9.52. The fraction of sp³-hybridized carbons (Fsp3) is 0.571. The first kappa shape index (κ1) is 12.9. The van der Waals surface area contributed by atoms with Crippen molar-refractivity contribution in [1.82, 2.24) is 14.6 Å². The van der Waals surface area contributed by atoms with Gasteiger partial charge >= 0.3 is 0 Å². The minimum atomic E-state index is -0.00153. The number of fused-ring (bicyclic) bond motifs is 1. The number of aromatic nitrogens is 3. The molecule has 0 aliphatic heterocycles. The molecule has 0 aromatic carbocycles. The van der Waals surface area contributed by atoms with E-state index in [1.54, 1.807) is 6.20 Å². The van der Waals surface area contributed by atoms with Gasteiger partial charge in [-0.15, -0.1) is 0 Å². The highest BCUT2D eigenvalue weighted by Gasteiger charge is 2.24. The monoisotopic (exact) mass is 246 g/mol. The van der Waals surface area contributed by atoms with E-state index in [4.69, 9.17) is 5.73 Å². The van der Waals surface area contributed by atoms with Gasteiger partial charge in [0.2, 0.25) is 0 Å². The predicted molar refractivity (Wildman–Crippen MR) is 74.8 cm³/mol. The quantitative estimate of drug-likeness (QED) is 0.777. The number of hydrogen-bond acceptors (Lipinski definition) is 3. The molecule has 0 amide bonds. The molecular weight excluding hydrogens is 224 g/mol. The van der Waals surface area contributed by atoms with E-state index in [1.165, 1.54) is 0 Å². The Morgan fingerprint density at radius 3 is 2.17 bits per heavy atom. The van der Waals surface area contributed by atoms with Gasteiger partial charge in [-0.25, -0.2) is 9.50 Å². The van der Waals surface area contributed by atoms with Crippen molar-refractivity contribution >= 4 is 11.3 Å². The van der Waals surface area contributed by atoms with Crippen LogP contribution in [0.1, 0.15) is 52.9 Å². The second-order valence-electron chi connectivity index (χ2n) is 6.86. The summed E-state index contributed by atoms with van der Waals surface area (Å²) in [5.74, 6) is 0. The topological polar surface area (TPSA) is 56.2 Å². The molecule has 18 heavy (non-hydrogen) atoms. The Bertz CT molecular complexity index is 582. The van der Waals surface area contributed by atoms with Gasteiger partial charge in [0.25, 0.3) is 0 Å². The van der Waals surface area contributed by atoms with Gasteiger partial charge in [0, 0.05) is 10.8 Å². The smallest absolute Gasteiger partial charge is 0.178 e. The zero-order chi connectivity index (χ0) is 13.7. The molecule has 0 saturated heterocycles. The maximum atomic E-state index is 5.95. The summed E-state index contributed by atoms with van der Waals surface area (Å²) in [4.78, 5) is 4.66. The summed E-state index contributed by atoms with van der Waals surface area (Å²) >= 11 is 0. The Morgan fingerprint density at radius 2 is 1.67 bits per heavy atom. The summed E-state index contributed by atoms with van der Waals surface area (Å²) < 4.78 is 1.85. The highest BCUT2D eigenvalue weighted by Crippen LogP contribution is 2.29. The van der Waals surface area contributed by atoms with E-state index in [1.807, 2.05) is 4.52 Å². The average Bonchev–Trinajstić information content (AvgIpc) is 2.56. The van der Waals surface area contributed by atoms with Crippen molar-refractivity contribution in [2.24, 2.45) is 0 Å². The van der Waals surface area contributed by atoms with Gasteiger partial charge in [-0.3, -0.25) is 0 Å². The summed E-state index contributed by atoms with van der Waals surface area (Å²) in [6.45, 7) is 13.0. The summed E-state index contributed by atoms with van der Waals surface area (Å²) in [6.07, 6.45) is 1.67. The van der Waals surface area contributed by atoms with Crippen LogP contribution in [0.5, 0.6) is 0 Å². The second-order valence-corrected chi connectivity index (χ2v) is 6.86. The standard InChI is InChI=1S/C14H22N4/c1-13(2,3)10-7-11(14(4,5)6)18-12(17-10)9(15)8-16-18/h7-8H,15H2,1-6H3. The van der Waals surface area contributed by atoms with Crippen molar-refractivity contribution in [3.8, 4) is 0 Å². The number of rotatable bonds is 0. The van der Waals surface area contributed by atoms with E-state index in [-0.39, 0.29) is 10.8 Å². The zero-order valence-corrected chi connectivity index (χ0v) is 12.1. The number of nitrogen functional groups attached to an aromatic ring is 1. The zero-order valence-electron chi connectivity index (χ0n) is 12.1. The molecule has 2 heterocycles. The lowest BCUT2D eigenvalue weighted by Gasteiger charge is -2.24. The SMILES string of the molecule is CC(C)(C)c1cc(C(C)(C)C)n2ncc(N)c2n1. The summed E-state index contributed by atoms with van der Waals surface area (Å²) in [5, 5.41) is 4.34. The van der Waals surface area contributed by atoms with Gasteiger partial charge in [-0.2, -0.15) is 5.10 Å². The third-order valence-corrected chi connectivity index (χ3v) is 3.04. The fourth-order valence-electron chi connectivity index (χ4n) is 1.90. The van der Waals surface area contributed by atoms with Gasteiger partial charge in [-0.05, 0) is 6.07 Å². The molecule has 0 atom stereocenters. The van der Waals surface area contributed by atoms with E-state index >= 15 is 0 Å². The molecule has 2 rings (SSSR count). The number of nitrogens with two attached hydrogens (primary N) is 1. The molecule has 98 valence electrons. The molecule has 2 aromatic rings. The van der Waals surface area contributed by atoms with Crippen LogP contribution in [0.15, 0.2) is 12.3 Å². The maximum absolute atomic E-state index is 5.95. The lowest BCUT2D eigenvalue weighted by Crippen LogP contribution is -2.22. The van der Waals surface area contributed by atoms with Crippen molar-refractivity contribution in [3.05, 3.63) is 23.7 Å². The van der Waals surface area contributed by atoms with Crippen molar-refractivity contribution in [2.75, 3.05) is 5.73 Å². The third kappa shape index (κ3) is 2.07. The molecular formula is C14H22N4. The molecule has 0 radical (unpaired) electrons. The molecule has 2 N–H and O–H groups in total. The summed E-state index contributed by atoms with van der Waals surface area (Å²) in [6, 6.07) is 2.14. The van der Waals surface area contributed by atoms with Crippen LogP contribution < -0.4 is 5.73 Å². The van der Waals surface area contributed by atoms with Crippen molar-refractivity contribution in [1.29, 1.82) is 0 Å². The number of hydrogen-bond donors (Lipinski definition) is 1. The lowest BCUT2D eigenvalue weighted by molar-refractivity contribution is 0.526. The van der Waals surface area contributed by atoms with Gasteiger partial charge in [0.1, 0.15) is 0 Å². The molecule has 0 bridgehead atoms. The first-order chi connectivity index (χ1) is 8.10. The maximum Gasteiger partial charge on any atom is 0.178 e. The fourth-order valence-corrected chi connectivity index (χ4v) is 1.90. The number of anilines is 1. The van der Waals surface area contributed by atoms with E-state index in [2.05, 4.69) is 57.7 Å². The van der Waals surface area contributed by atoms with Crippen LogP contribution >= 0.6 is 0 Å².